The number of carbonyl (C=O) groups is 1. The minimum absolute atomic E-state index is 0.187. The largest absolute Gasteiger partial charge is 0.508 e. The van der Waals surface area contributed by atoms with Gasteiger partial charge in [0.15, 0.2) is 0 Å². The molecule has 0 saturated carbocycles. The molecule has 1 amide bonds. The Hall–Kier alpha value is -3.41. The lowest BCUT2D eigenvalue weighted by Gasteiger charge is -2.01. The zero-order valence-corrected chi connectivity index (χ0v) is 13.3. The van der Waals surface area contributed by atoms with E-state index in [1.165, 1.54) is 12.5 Å². The Balaban J connectivity index is 1.59. The zero-order valence-electron chi connectivity index (χ0n) is 13.3. The summed E-state index contributed by atoms with van der Waals surface area (Å²) >= 11 is 0. The Morgan fingerprint density at radius 3 is 2.72 bits per heavy atom. The Labute approximate surface area is 143 Å². The van der Waals surface area contributed by atoms with Gasteiger partial charge in [0, 0.05) is 6.42 Å². The third-order valence-corrected chi connectivity index (χ3v) is 3.68. The van der Waals surface area contributed by atoms with Gasteiger partial charge in [-0.25, -0.2) is 5.43 Å². The van der Waals surface area contributed by atoms with E-state index < -0.39 is 0 Å². The molecule has 0 atom stereocenters. The van der Waals surface area contributed by atoms with E-state index in [0.29, 0.717) is 17.4 Å². The summed E-state index contributed by atoms with van der Waals surface area (Å²) in [6, 6.07) is 13.6. The first-order valence-corrected chi connectivity index (χ1v) is 7.74. The third-order valence-electron chi connectivity index (χ3n) is 3.68. The smallest absolute Gasteiger partial charge is 0.240 e. The first-order valence-electron chi connectivity index (χ1n) is 7.74. The highest BCUT2D eigenvalue weighted by Crippen LogP contribution is 2.11. The quantitative estimate of drug-likeness (QED) is 0.553. The molecule has 25 heavy (non-hydrogen) atoms. The van der Waals surface area contributed by atoms with Crippen molar-refractivity contribution in [1.82, 2.24) is 5.43 Å². The number of para-hydroxylation sites is 1. The van der Waals surface area contributed by atoms with E-state index in [1.807, 2.05) is 0 Å². The average molecular weight is 336 g/mol. The van der Waals surface area contributed by atoms with Crippen LogP contribution in [0, 0.1) is 0 Å². The molecule has 0 radical (unpaired) electrons. The van der Waals surface area contributed by atoms with Gasteiger partial charge in [-0.05, 0) is 36.2 Å². The second kappa shape index (κ2) is 7.44. The van der Waals surface area contributed by atoms with Crippen molar-refractivity contribution < 1.29 is 14.3 Å². The molecule has 3 aromatic rings. The van der Waals surface area contributed by atoms with Gasteiger partial charge >= 0.3 is 0 Å². The minimum atomic E-state index is -0.269. The molecule has 2 N–H and O–H groups in total. The van der Waals surface area contributed by atoms with Crippen molar-refractivity contribution in [1.29, 1.82) is 0 Å². The lowest BCUT2D eigenvalue weighted by molar-refractivity contribution is -0.121. The maximum atomic E-state index is 12.3. The normalized spacial score (nSPS) is 11.0. The van der Waals surface area contributed by atoms with Crippen molar-refractivity contribution in [2.24, 2.45) is 5.10 Å². The monoisotopic (exact) mass is 336 g/mol. The molecule has 126 valence electrons. The summed E-state index contributed by atoms with van der Waals surface area (Å²) in [5.74, 6) is -0.0819. The summed E-state index contributed by atoms with van der Waals surface area (Å²) in [4.78, 5) is 24.1. The second-order valence-corrected chi connectivity index (χ2v) is 5.48. The number of phenolic OH excluding ortho intramolecular Hbond substituents is 1. The lowest BCUT2D eigenvalue weighted by Crippen LogP contribution is -2.18. The van der Waals surface area contributed by atoms with Crippen molar-refractivity contribution in [2.45, 2.75) is 12.8 Å². The number of aryl methyl sites for hydroxylation is 1. The summed E-state index contributed by atoms with van der Waals surface area (Å²) in [7, 11) is 0. The lowest BCUT2D eigenvalue weighted by atomic mass is 10.1. The molecule has 0 aliphatic heterocycles. The molecule has 1 heterocycles. The fourth-order valence-corrected chi connectivity index (χ4v) is 2.33. The van der Waals surface area contributed by atoms with E-state index in [-0.39, 0.29) is 29.1 Å². The molecule has 1 aromatic heterocycles. The predicted molar refractivity (Wildman–Crippen MR) is 94.6 cm³/mol. The minimum Gasteiger partial charge on any atom is -0.508 e. The molecule has 0 unspecified atom stereocenters. The highest BCUT2D eigenvalue weighted by atomic mass is 16.3. The fraction of sp³-hybridized carbons (Fsp3) is 0.105. The van der Waals surface area contributed by atoms with Crippen LogP contribution in [0.15, 0.2) is 69.1 Å². The number of rotatable bonds is 5. The first-order chi connectivity index (χ1) is 12.1. The third kappa shape index (κ3) is 4.11. The predicted octanol–water partition coefficient (Wildman–Crippen LogP) is 2.58. The molecular formula is C19H16N2O4. The van der Waals surface area contributed by atoms with E-state index in [1.54, 1.807) is 48.5 Å². The summed E-state index contributed by atoms with van der Waals surface area (Å²) < 4.78 is 5.37. The van der Waals surface area contributed by atoms with Crippen molar-refractivity contribution >= 4 is 23.1 Å². The molecule has 0 saturated heterocycles. The number of hydrogen-bond acceptors (Lipinski definition) is 5. The molecule has 2 aromatic carbocycles. The van der Waals surface area contributed by atoms with E-state index in [0.717, 1.165) is 5.56 Å². The molecule has 6 nitrogen and oxygen atoms in total. The number of aromatic hydroxyl groups is 1. The average Bonchev–Trinajstić information content (AvgIpc) is 2.63. The van der Waals surface area contributed by atoms with Crippen LogP contribution in [0.25, 0.3) is 11.0 Å². The SMILES string of the molecule is O=C(CCc1ccc(O)cc1)NN=Cc1coc2ccccc2c1=O. The molecule has 0 spiro atoms. The van der Waals surface area contributed by atoms with Crippen LogP contribution in [0.2, 0.25) is 0 Å². The van der Waals surface area contributed by atoms with E-state index in [2.05, 4.69) is 10.5 Å². The molecule has 0 bridgehead atoms. The molecule has 3 rings (SSSR count). The topological polar surface area (TPSA) is 91.9 Å². The molecule has 0 aliphatic carbocycles. The van der Waals surface area contributed by atoms with E-state index >= 15 is 0 Å². The van der Waals surface area contributed by atoms with Gasteiger partial charge in [-0.3, -0.25) is 9.59 Å². The Kier molecular flexibility index (Phi) is 4.89. The number of benzene rings is 2. The number of hydrazone groups is 1. The van der Waals surface area contributed by atoms with Gasteiger partial charge in [-0.2, -0.15) is 5.10 Å². The van der Waals surface area contributed by atoms with Crippen molar-refractivity contribution in [3.05, 3.63) is 76.1 Å². The number of nitrogens with one attached hydrogen (secondary N) is 1. The summed E-state index contributed by atoms with van der Waals surface area (Å²) in [6.45, 7) is 0. The van der Waals surface area contributed by atoms with Crippen molar-refractivity contribution in [3.63, 3.8) is 0 Å². The van der Waals surface area contributed by atoms with Gasteiger partial charge in [0.05, 0.1) is 17.2 Å². The van der Waals surface area contributed by atoms with Gasteiger partial charge in [0.1, 0.15) is 17.6 Å². The molecular weight excluding hydrogens is 320 g/mol. The Bertz CT molecular complexity index is 975. The number of amides is 1. The van der Waals surface area contributed by atoms with Gasteiger partial charge in [0.25, 0.3) is 0 Å². The molecule has 0 fully saturated rings. The first kappa shape index (κ1) is 16.4. The second-order valence-electron chi connectivity index (χ2n) is 5.48. The van der Waals surface area contributed by atoms with Crippen molar-refractivity contribution in [2.75, 3.05) is 0 Å². The number of nitrogens with zero attached hydrogens (tertiary/aromatic N) is 1. The summed E-state index contributed by atoms with van der Waals surface area (Å²) in [5.41, 5.74) is 3.89. The maximum Gasteiger partial charge on any atom is 0.240 e. The van der Waals surface area contributed by atoms with Crippen LogP contribution in [0.4, 0.5) is 0 Å². The van der Waals surface area contributed by atoms with Crippen LogP contribution >= 0.6 is 0 Å². The van der Waals surface area contributed by atoms with Gasteiger partial charge in [-0.15, -0.1) is 0 Å². The highest BCUT2D eigenvalue weighted by molar-refractivity contribution is 5.87. The van der Waals surface area contributed by atoms with Crippen LogP contribution in [0.3, 0.4) is 0 Å². The van der Waals surface area contributed by atoms with E-state index in [9.17, 15) is 14.7 Å². The van der Waals surface area contributed by atoms with Crippen LogP contribution < -0.4 is 10.9 Å². The number of hydrogen-bond donors (Lipinski definition) is 2. The van der Waals surface area contributed by atoms with Crippen molar-refractivity contribution in [3.8, 4) is 5.75 Å². The van der Waals surface area contributed by atoms with E-state index in [4.69, 9.17) is 4.42 Å². The zero-order chi connectivity index (χ0) is 17.6. The number of carbonyl (C=O) groups excluding carboxylic acids is 1. The Morgan fingerprint density at radius 1 is 1.16 bits per heavy atom. The van der Waals surface area contributed by atoms with Crippen LogP contribution in [0.1, 0.15) is 17.5 Å². The molecule has 0 aliphatic rings. The highest BCUT2D eigenvalue weighted by Gasteiger charge is 2.05. The number of phenols is 1. The number of fused-ring (bicyclic) bond motifs is 1. The maximum absolute atomic E-state index is 12.3. The standard InChI is InChI=1S/C19H16N2O4/c22-15-8-5-13(6-9-15)7-10-18(23)21-20-11-14-12-25-17-4-2-1-3-16(17)19(14)24/h1-6,8-9,11-12,22H,7,10H2,(H,21,23). The Morgan fingerprint density at radius 2 is 1.92 bits per heavy atom. The fourth-order valence-electron chi connectivity index (χ4n) is 2.33. The molecule has 6 heteroatoms. The van der Waals surface area contributed by atoms with Crippen LogP contribution in [-0.4, -0.2) is 17.2 Å². The van der Waals surface area contributed by atoms with Crippen LogP contribution in [-0.2, 0) is 11.2 Å². The van der Waals surface area contributed by atoms with Gasteiger partial charge < -0.3 is 9.52 Å². The van der Waals surface area contributed by atoms with Gasteiger partial charge in [-0.1, -0.05) is 24.3 Å². The summed E-state index contributed by atoms with van der Waals surface area (Å²) in [5, 5.41) is 13.5. The van der Waals surface area contributed by atoms with Gasteiger partial charge in [0.2, 0.25) is 11.3 Å². The summed E-state index contributed by atoms with van der Waals surface area (Å²) in [6.07, 6.45) is 3.36. The van der Waals surface area contributed by atoms with Crippen LogP contribution in [0.5, 0.6) is 5.75 Å².